The molecule has 0 radical (unpaired) electrons. The van der Waals surface area contributed by atoms with Crippen LogP contribution in [0.25, 0.3) is 0 Å². The lowest BCUT2D eigenvalue weighted by atomic mass is 10.2. The molecule has 0 aromatic carbocycles. The van der Waals surface area contributed by atoms with Gasteiger partial charge in [0.2, 0.25) is 0 Å². The average Bonchev–Trinajstić information content (AvgIpc) is 2.75. The molecule has 2 fully saturated rings. The lowest BCUT2D eigenvalue weighted by molar-refractivity contribution is -0.150. The van der Waals surface area contributed by atoms with Crippen LogP contribution in [0.3, 0.4) is 0 Å². The lowest BCUT2D eigenvalue weighted by Gasteiger charge is -2.14. The van der Waals surface area contributed by atoms with E-state index in [1.54, 1.807) is 0 Å². The summed E-state index contributed by atoms with van der Waals surface area (Å²) in [6.07, 6.45) is -0.134. The van der Waals surface area contributed by atoms with Crippen molar-refractivity contribution in [2.24, 2.45) is 0 Å². The summed E-state index contributed by atoms with van der Waals surface area (Å²) in [5, 5.41) is 8.23. The monoisotopic (exact) mass is 250 g/mol. The van der Waals surface area contributed by atoms with Crippen molar-refractivity contribution in [2.75, 3.05) is 12.4 Å². The highest BCUT2D eigenvalue weighted by atomic mass is 32.2. The van der Waals surface area contributed by atoms with E-state index < -0.39 is 33.5 Å². The summed E-state index contributed by atoms with van der Waals surface area (Å²) in [5.74, 6) is -0.857. The lowest BCUT2D eigenvalue weighted by Crippen LogP contribution is -2.26. The smallest absolute Gasteiger partial charge is 0.335 e. The number of hydrogen-bond acceptors (Lipinski definition) is 5. The molecular formula is C9H14O6S. The number of ether oxygens (including phenoxy) is 2. The van der Waals surface area contributed by atoms with Crippen molar-refractivity contribution in [2.45, 2.75) is 36.9 Å². The van der Waals surface area contributed by atoms with Gasteiger partial charge in [0.15, 0.2) is 22.2 Å². The third kappa shape index (κ3) is 2.36. The Bertz CT molecular complexity index is 375. The molecule has 0 aromatic rings. The summed E-state index contributed by atoms with van der Waals surface area (Å²) in [4.78, 5) is 10.6. The highest BCUT2D eigenvalue weighted by Crippen LogP contribution is 2.27. The van der Waals surface area contributed by atoms with Crippen LogP contribution in [0.4, 0.5) is 0 Å². The fourth-order valence-electron chi connectivity index (χ4n) is 2.05. The van der Waals surface area contributed by atoms with Gasteiger partial charge in [0.05, 0.1) is 17.6 Å². The molecule has 3 atom stereocenters. The first-order chi connectivity index (χ1) is 7.49. The molecule has 16 heavy (non-hydrogen) atoms. The molecule has 7 heteroatoms. The van der Waals surface area contributed by atoms with Crippen molar-refractivity contribution >= 4 is 15.8 Å². The molecular weight excluding hydrogens is 236 g/mol. The number of carboxylic acids is 1. The quantitative estimate of drug-likeness (QED) is 0.744. The number of rotatable bonds is 3. The molecule has 3 unspecified atom stereocenters. The van der Waals surface area contributed by atoms with Crippen molar-refractivity contribution in [3.05, 3.63) is 0 Å². The van der Waals surface area contributed by atoms with Crippen LogP contribution >= 0.6 is 0 Å². The van der Waals surface area contributed by atoms with E-state index in [1.807, 2.05) is 0 Å². The maximum atomic E-state index is 11.5. The van der Waals surface area contributed by atoms with Gasteiger partial charge in [-0.2, -0.15) is 0 Å². The van der Waals surface area contributed by atoms with E-state index in [1.165, 1.54) is 0 Å². The van der Waals surface area contributed by atoms with Crippen LogP contribution in [0.2, 0.25) is 0 Å². The topological polar surface area (TPSA) is 89.9 Å². The van der Waals surface area contributed by atoms with Gasteiger partial charge in [-0.05, 0) is 12.8 Å². The molecule has 0 aromatic heterocycles. The van der Waals surface area contributed by atoms with E-state index in [2.05, 4.69) is 0 Å². The third-order valence-corrected chi connectivity index (χ3v) is 5.24. The van der Waals surface area contributed by atoms with Crippen LogP contribution in [-0.2, 0) is 24.1 Å². The first-order valence-corrected chi connectivity index (χ1v) is 6.92. The van der Waals surface area contributed by atoms with Crippen molar-refractivity contribution in [1.82, 2.24) is 0 Å². The van der Waals surface area contributed by atoms with Gasteiger partial charge in [-0.1, -0.05) is 0 Å². The molecule has 0 saturated carbocycles. The predicted octanol–water partition coefficient (Wildman–Crippen LogP) is -0.220. The number of carboxylic acid groups (broad SMARTS) is 1. The normalized spacial score (nSPS) is 37.6. The second-order valence-electron chi connectivity index (χ2n) is 4.09. The van der Waals surface area contributed by atoms with E-state index in [9.17, 15) is 13.2 Å². The molecule has 2 aliphatic heterocycles. The minimum absolute atomic E-state index is 0.00717. The Labute approximate surface area is 93.5 Å². The second kappa shape index (κ2) is 4.31. The minimum atomic E-state index is -3.02. The summed E-state index contributed by atoms with van der Waals surface area (Å²) < 4.78 is 33.3. The van der Waals surface area contributed by atoms with E-state index >= 15 is 0 Å². The first kappa shape index (κ1) is 11.8. The molecule has 2 aliphatic rings. The largest absolute Gasteiger partial charge is 0.479 e. The van der Waals surface area contributed by atoms with Crippen LogP contribution < -0.4 is 0 Å². The van der Waals surface area contributed by atoms with Gasteiger partial charge in [0, 0.05) is 6.42 Å². The van der Waals surface area contributed by atoms with Gasteiger partial charge < -0.3 is 14.6 Å². The van der Waals surface area contributed by atoms with E-state index in [0.29, 0.717) is 12.8 Å². The zero-order valence-corrected chi connectivity index (χ0v) is 9.48. The molecule has 2 heterocycles. The Morgan fingerprint density at radius 3 is 2.69 bits per heavy atom. The van der Waals surface area contributed by atoms with E-state index in [4.69, 9.17) is 14.6 Å². The summed E-state index contributed by atoms with van der Waals surface area (Å²) in [5.41, 5.74) is 0. The predicted molar refractivity (Wildman–Crippen MR) is 53.7 cm³/mol. The maximum Gasteiger partial charge on any atom is 0.335 e. The molecule has 0 bridgehead atoms. The van der Waals surface area contributed by atoms with E-state index in [0.717, 1.165) is 0 Å². The SMILES string of the molecule is O=C(O)C1COC(CC2CCCS2(=O)=O)O1. The van der Waals surface area contributed by atoms with Crippen LogP contribution in [0.5, 0.6) is 0 Å². The number of aliphatic carboxylic acids is 1. The zero-order chi connectivity index (χ0) is 11.8. The minimum Gasteiger partial charge on any atom is -0.479 e. The van der Waals surface area contributed by atoms with Crippen molar-refractivity contribution in [3.63, 3.8) is 0 Å². The molecule has 0 amide bonds. The maximum absolute atomic E-state index is 11.5. The Morgan fingerprint density at radius 2 is 2.19 bits per heavy atom. The van der Waals surface area contributed by atoms with Crippen molar-refractivity contribution < 1.29 is 27.8 Å². The van der Waals surface area contributed by atoms with Gasteiger partial charge in [0.25, 0.3) is 0 Å². The van der Waals surface area contributed by atoms with Gasteiger partial charge in [0.1, 0.15) is 0 Å². The first-order valence-electron chi connectivity index (χ1n) is 5.20. The Balaban J connectivity index is 1.90. The second-order valence-corrected chi connectivity index (χ2v) is 6.49. The number of hydrogen-bond donors (Lipinski definition) is 1. The number of carbonyl (C=O) groups is 1. The van der Waals surface area contributed by atoms with Crippen LogP contribution in [-0.4, -0.2) is 49.5 Å². The number of sulfone groups is 1. The molecule has 6 nitrogen and oxygen atoms in total. The Hall–Kier alpha value is -0.660. The Kier molecular flexibility index (Phi) is 3.18. The van der Waals surface area contributed by atoms with Crippen LogP contribution in [0.15, 0.2) is 0 Å². The van der Waals surface area contributed by atoms with Crippen molar-refractivity contribution in [3.8, 4) is 0 Å². The van der Waals surface area contributed by atoms with Gasteiger partial charge >= 0.3 is 5.97 Å². The Morgan fingerprint density at radius 1 is 1.44 bits per heavy atom. The standard InChI is InChI=1S/C9H14O6S/c10-9(11)7-5-14-8(15-7)4-6-2-1-3-16(6,12)13/h6-8H,1-5H2,(H,10,11). The summed E-state index contributed by atoms with van der Waals surface area (Å²) in [7, 11) is -3.02. The molecule has 2 rings (SSSR count). The van der Waals surface area contributed by atoms with Gasteiger partial charge in [-0.3, -0.25) is 0 Å². The van der Waals surface area contributed by atoms with Gasteiger partial charge in [-0.25, -0.2) is 13.2 Å². The fourth-order valence-corrected chi connectivity index (χ4v) is 3.93. The highest BCUT2D eigenvalue weighted by Gasteiger charge is 2.38. The third-order valence-electron chi connectivity index (χ3n) is 2.94. The average molecular weight is 250 g/mol. The molecule has 2 saturated heterocycles. The van der Waals surface area contributed by atoms with E-state index in [-0.39, 0.29) is 18.8 Å². The molecule has 92 valence electrons. The summed E-state index contributed by atoms with van der Waals surface area (Å²) >= 11 is 0. The van der Waals surface area contributed by atoms with Crippen LogP contribution in [0, 0.1) is 0 Å². The summed E-state index contributed by atoms with van der Waals surface area (Å²) in [6.45, 7) is -0.00717. The molecule has 1 N–H and O–H groups in total. The molecule has 0 aliphatic carbocycles. The van der Waals surface area contributed by atoms with Gasteiger partial charge in [-0.15, -0.1) is 0 Å². The molecule has 0 spiro atoms. The highest BCUT2D eigenvalue weighted by molar-refractivity contribution is 7.92. The van der Waals surface area contributed by atoms with Crippen molar-refractivity contribution in [1.29, 1.82) is 0 Å². The summed E-state index contributed by atoms with van der Waals surface area (Å²) in [6, 6.07) is 0. The van der Waals surface area contributed by atoms with Crippen LogP contribution in [0.1, 0.15) is 19.3 Å². The fraction of sp³-hybridized carbons (Fsp3) is 0.889. The zero-order valence-electron chi connectivity index (χ0n) is 8.66.